The van der Waals surface area contributed by atoms with E-state index in [9.17, 15) is 0 Å². The molecule has 0 aliphatic rings. The Morgan fingerprint density at radius 2 is 1.81 bits per heavy atom. The number of ether oxygens (including phenoxy) is 1. The van der Waals surface area contributed by atoms with Gasteiger partial charge in [0.2, 0.25) is 0 Å². The summed E-state index contributed by atoms with van der Waals surface area (Å²) in [6.45, 7) is 6.96. The second-order valence-corrected chi connectivity index (χ2v) is 6.52. The first-order valence-electron chi connectivity index (χ1n) is 9.37. The molecule has 0 fully saturated rings. The molecule has 0 radical (unpaired) electrons. The van der Waals surface area contributed by atoms with Crippen LogP contribution >= 0.6 is 0 Å². The zero-order valence-electron chi connectivity index (χ0n) is 17.1. The van der Waals surface area contributed by atoms with E-state index < -0.39 is 0 Å². The fourth-order valence-electron chi connectivity index (χ4n) is 2.65. The van der Waals surface area contributed by atoms with Gasteiger partial charge < -0.3 is 19.9 Å². The SMILES string of the molecule is CCNC(=NCc1ccnc(N(C)C)c1)N(C)Cc1ccc(OCC)cc1. The van der Waals surface area contributed by atoms with Gasteiger partial charge in [-0.05, 0) is 49.2 Å². The minimum Gasteiger partial charge on any atom is -0.494 e. The first-order chi connectivity index (χ1) is 13.0. The predicted molar refractivity (Wildman–Crippen MR) is 112 cm³/mol. The molecule has 146 valence electrons. The molecule has 0 aliphatic heterocycles. The van der Waals surface area contributed by atoms with Gasteiger partial charge in [-0.25, -0.2) is 9.98 Å². The number of nitrogens with one attached hydrogen (secondary N) is 1. The molecule has 0 saturated carbocycles. The summed E-state index contributed by atoms with van der Waals surface area (Å²) in [6, 6.07) is 12.3. The third-order valence-electron chi connectivity index (χ3n) is 4.03. The van der Waals surface area contributed by atoms with Crippen LogP contribution in [0.25, 0.3) is 0 Å². The summed E-state index contributed by atoms with van der Waals surface area (Å²) in [5.41, 5.74) is 2.35. The van der Waals surface area contributed by atoms with Crippen LogP contribution in [0, 0.1) is 0 Å². The van der Waals surface area contributed by atoms with Gasteiger partial charge in [0.15, 0.2) is 5.96 Å². The molecule has 0 bridgehead atoms. The molecule has 2 aromatic rings. The van der Waals surface area contributed by atoms with Gasteiger partial charge in [-0.1, -0.05) is 12.1 Å². The summed E-state index contributed by atoms with van der Waals surface area (Å²) in [5, 5.41) is 3.37. The number of guanidine groups is 1. The van der Waals surface area contributed by atoms with Gasteiger partial charge >= 0.3 is 0 Å². The molecule has 0 atom stereocenters. The molecule has 1 aromatic carbocycles. The maximum absolute atomic E-state index is 5.51. The van der Waals surface area contributed by atoms with Crippen molar-refractivity contribution in [2.75, 3.05) is 39.2 Å². The average molecular weight is 370 g/mol. The number of hydrogen-bond donors (Lipinski definition) is 1. The predicted octanol–water partition coefficient (Wildman–Crippen LogP) is 3.14. The van der Waals surface area contributed by atoms with E-state index in [1.165, 1.54) is 5.56 Å². The van der Waals surface area contributed by atoms with E-state index in [-0.39, 0.29) is 0 Å². The minimum absolute atomic E-state index is 0.610. The number of nitrogens with zero attached hydrogens (tertiary/aromatic N) is 4. The van der Waals surface area contributed by atoms with Crippen LogP contribution in [0.5, 0.6) is 5.75 Å². The van der Waals surface area contributed by atoms with Gasteiger partial charge in [-0.3, -0.25) is 0 Å². The Morgan fingerprint density at radius 3 is 2.44 bits per heavy atom. The van der Waals surface area contributed by atoms with Gasteiger partial charge in [-0.2, -0.15) is 0 Å². The normalized spacial score (nSPS) is 11.2. The Kier molecular flexibility index (Phi) is 7.92. The first kappa shape index (κ1) is 20.6. The number of hydrogen-bond acceptors (Lipinski definition) is 4. The van der Waals surface area contributed by atoms with Crippen molar-refractivity contribution < 1.29 is 4.74 Å². The van der Waals surface area contributed by atoms with Crippen molar-refractivity contribution in [2.24, 2.45) is 4.99 Å². The minimum atomic E-state index is 0.610. The molecule has 0 spiro atoms. The van der Waals surface area contributed by atoms with E-state index in [1.54, 1.807) is 0 Å². The van der Waals surface area contributed by atoms with Crippen molar-refractivity contribution in [3.05, 3.63) is 53.7 Å². The van der Waals surface area contributed by atoms with Crippen molar-refractivity contribution in [1.29, 1.82) is 0 Å². The van der Waals surface area contributed by atoms with E-state index in [0.717, 1.165) is 36.2 Å². The fourth-order valence-corrected chi connectivity index (χ4v) is 2.65. The molecule has 1 aromatic heterocycles. The molecule has 0 aliphatic carbocycles. The summed E-state index contributed by atoms with van der Waals surface area (Å²) in [6.07, 6.45) is 1.83. The van der Waals surface area contributed by atoms with Crippen LogP contribution in [0.15, 0.2) is 47.6 Å². The Bertz CT molecular complexity index is 728. The Labute approximate surface area is 162 Å². The third-order valence-corrected chi connectivity index (χ3v) is 4.03. The lowest BCUT2D eigenvalue weighted by molar-refractivity contribution is 0.340. The van der Waals surface area contributed by atoms with Crippen LogP contribution in [-0.2, 0) is 13.1 Å². The number of rotatable bonds is 8. The van der Waals surface area contributed by atoms with Crippen molar-refractivity contribution in [3.8, 4) is 5.75 Å². The van der Waals surface area contributed by atoms with Crippen LogP contribution in [0.4, 0.5) is 5.82 Å². The largest absolute Gasteiger partial charge is 0.494 e. The number of anilines is 1. The third kappa shape index (κ3) is 6.47. The lowest BCUT2D eigenvalue weighted by Crippen LogP contribution is -2.38. The first-order valence-corrected chi connectivity index (χ1v) is 9.37. The molecule has 27 heavy (non-hydrogen) atoms. The van der Waals surface area contributed by atoms with E-state index in [1.807, 2.05) is 50.3 Å². The topological polar surface area (TPSA) is 53.0 Å². The molecule has 1 N–H and O–H groups in total. The summed E-state index contributed by atoms with van der Waals surface area (Å²) in [4.78, 5) is 13.3. The highest BCUT2D eigenvalue weighted by molar-refractivity contribution is 5.79. The quantitative estimate of drug-likeness (QED) is 0.572. The molecular formula is C21H31N5O. The van der Waals surface area contributed by atoms with Crippen molar-refractivity contribution in [3.63, 3.8) is 0 Å². The van der Waals surface area contributed by atoms with Gasteiger partial charge in [0.25, 0.3) is 0 Å². The van der Waals surface area contributed by atoms with Crippen LogP contribution in [0.3, 0.4) is 0 Å². The smallest absolute Gasteiger partial charge is 0.194 e. The van der Waals surface area contributed by atoms with Gasteiger partial charge in [-0.15, -0.1) is 0 Å². The van der Waals surface area contributed by atoms with E-state index >= 15 is 0 Å². The number of aromatic nitrogens is 1. The average Bonchev–Trinajstić information content (AvgIpc) is 2.67. The lowest BCUT2D eigenvalue weighted by Gasteiger charge is -2.22. The number of pyridine rings is 1. The number of aliphatic imine (C=N–C) groups is 1. The lowest BCUT2D eigenvalue weighted by atomic mass is 10.2. The second kappa shape index (κ2) is 10.4. The van der Waals surface area contributed by atoms with Gasteiger partial charge in [0, 0.05) is 40.4 Å². The summed E-state index contributed by atoms with van der Waals surface area (Å²) in [5.74, 6) is 2.73. The van der Waals surface area contributed by atoms with Gasteiger partial charge in [0.1, 0.15) is 11.6 Å². The summed E-state index contributed by atoms with van der Waals surface area (Å²) in [7, 11) is 6.03. The summed E-state index contributed by atoms with van der Waals surface area (Å²) >= 11 is 0. The van der Waals surface area contributed by atoms with Crippen molar-refractivity contribution in [1.82, 2.24) is 15.2 Å². The molecule has 6 heteroatoms. The van der Waals surface area contributed by atoms with Crippen LogP contribution in [0.1, 0.15) is 25.0 Å². The highest BCUT2D eigenvalue weighted by atomic mass is 16.5. The molecule has 1 heterocycles. The van der Waals surface area contributed by atoms with Crippen LogP contribution in [-0.4, -0.2) is 50.1 Å². The van der Waals surface area contributed by atoms with E-state index in [0.29, 0.717) is 13.2 Å². The Morgan fingerprint density at radius 1 is 1.07 bits per heavy atom. The maximum atomic E-state index is 5.51. The Hall–Kier alpha value is -2.76. The van der Waals surface area contributed by atoms with Crippen molar-refractivity contribution in [2.45, 2.75) is 26.9 Å². The molecule has 0 amide bonds. The highest BCUT2D eigenvalue weighted by Gasteiger charge is 2.07. The number of benzene rings is 1. The molecule has 2 rings (SSSR count). The highest BCUT2D eigenvalue weighted by Crippen LogP contribution is 2.14. The van der Waals surface area contributed by atoms with Crippen molar-refractivity contribution >= 4 is 11.8 Å². The summed E-state index contributed by atoms with van der Waals surface area (Å²) < 4.78 is 5.51. The molecule has 0 saturated heterocycles. The maximum Gasteiger partial charge on any atom is 0.194 e. The van der Waals surface area contributed by atoms with E-state index in [4.69, 9.17) is 9.73 Å². The standard InChI is InChI=1S/C21H31N5O/c1-6-22-21(24-15-18-12-13-23-20(14-18)25(3)4)26(5)16-17-8-10-19(11-9-17)27-7-2/h8-14H,6-7,15-16H2,1-5H3,(H,22,24). The monoisotopic (exact) mass is 369 g/mol. The molecular weight excluding hydrogens is 338 g/mol. The second-order valence-electron chi connectivity index (χ2n) is 6.52. The van der Waals surface area contributed by atoms with Gasteiger partial charge in [0.05, 0.1) is 13.2 Å². The molecule has 0 unspecified atom stereocenters. The Balaban J connectivity index is 2.06. The zero-order chi connectivity index (χ0) is 19.6. The van der Waals surface area contributed by atoms with Crippen LogP contribution < -0.4 is 15.0 Å². The molecule has 6 nitrogen and oxygen atoms in total. The van der Waals surface area contributed by atoms with E-state index in [2.05, 4.69) is 47.4 Å². The fraction of sp³-hybridized carbons (Fsp3) is 0.429. The van der Waals surface area contributed by atoms with Crippen LogP contribution in [0.2, 0.25) is 0 Å². The zero-order valence-corrected chi connectivity index (χ0v) is 17.1.